The summed E-state index contributed by atoms with van der Waals surface area (Å²) in [7, 11) is 0. The monoisotopic (exact) mass is 352 g/mol. The van der Waals surface area contributed by atoms with Crippen LogP contribution in [-0.2, 0) is 14.4 Å². The third-order valence-corrected chi connectivity index (χ3v) is 6.25. The Kier molecular flexibility index (Phi) is 6.85. The molecule has 25 heavy (non-hydrogen) atoms. The lowest BCUT2D eigenvalue weighted by molar-refractivity contribution is -0.150. The Labute approximate surface area is 150 Å². The van der Waals surface area contributed by atoms with Crippen molar-refractivity contribution in [3.8, 4) is 0 Å². The Balaban J connectivity index is 2.02. The van der Waals surface area contributed by atoms with Crippen molar-refractivity contribution in [2.45, 2.75) is 65.2 Å². The van der Waals surface area contributed by atoms with E-state index in [1.54, 1.807) is 0 Å². The van der Waals surface area contributed by atoms with Crippen molar-refractivity contribution in [3.05, 3.63) is 0 Å². The third kappa shape index (κ3) is 4.33. The van der Waals surface area contributed by atoms with Gasteiger partial charge in [0.15, 0.2) is 0 Å². The highest BCUT2D eigenvalue weighted by Gasteiger charge is 2.40. The van der Waals surface area contributed by atoms with Crippen LogP contribution in [0, 0.1) is 17.3 Å². The molecule has 2 aliphatic rings. The summed E-state index contributed by atoms with van der Waals surface area (Å²) in [6, 6.07) is 0. The van der Waals surface area contributed by atoms with Gasteiger partial charge in [0, 0.05) is 31.5 Å². The van der Waals surface area contributed by atoms with Crippen LogP contribution in [0.5, 0.6) is 0 Å². The smallest absolute Gasteiger partial charge is 0.311 e. The van der Waals surface area contributed by atoms with E-state index in [2.05, 4.69) is 5.32 Å². The van der Waals surface area contributed by atoms with Gasteiger partial charge in [-0.3, -0.25) is 14.4 Å². The van der Waals surface area contributed by atoms with Crippen molar-refractivity contribution in [1.82, 2.24) is 10.2 Å². The van der Waals surface area contributed by atoms with Gasteiger partial charge < -0.3 is 15.3 Å². The summed E-state index contributed by atoms with van der Waals surface area (Å²) in [5.41, 5.74) is -0.918. The van der Waals surface area contributed by atoms with Gasteiger partial charge in [-0.2, -0.15) is 0 Å². The molecule has 0 aromatic rings. The van der Waals surface area contributed by atoms with Crippen LogP contribution < -0.4 is 5.32 Å². The zero-order valence-corrected chi connectivity index (χ0v) is 15.6. The summed E-state index contributed by atoms with van der Waals surface area (Å²) in [4.78, 5) is 39.0. The quantitative estimate of drug-likeness (QED) is 0.737. The lowest BCUT2D eigenvalue weighted by Gasteiger charge is -2.34. The fraction of sp³-hybridized carbons (Fsp3) is 0.842. The van der Waals surface area contributed by atoms with Gasteiger partial charge in [0.2, 0.25) is 11.8 Å². The number of carbonyl (C=O) groups is 3. The van der Waals surface area contributed by atoms with E-state index in [1.807, 2.05) is 18.7 Å². The highest BCUT2D eigenvalue weighted by Crippen LogP contribution is 2.33. The van der Waals surface area contributed by atoms with Gasteiger partial charge in [-0.1, -0.05) is 26.7 Å². The molecule has 2 fully saturated rings. The zero-order valence-electron chi connectivity index (χ0n) is 15.6. The molecule has 2 amide bonds. The first kappa shape index (κ1) is 19.7. The summed E-state index contributed by atoms with van der Waals surface area (Å²) in [6.45, 7) is 5.42. The molecule has 1 heterocycles. The second-order valence-electron chi connectivity index (χ2n) is 7.54. The molecule has 1 saturated heterocycles. The molecule has 1 saturated carbocycles. The van der Waals surface area contributed by atoms with Crippen LogP contribution in [0.25, 0.3) is 0 Å². The maximum Gasteiger partial charge on any atom is 0.311 e. The highest BCUT2D eigenvalue weighted by atomic mass is 16.4. The normalized spacial score (nSPS) is 24.2. The van der Waals surface area contributed by atoms with E-state index < -0.39 is 11.4 Å². The second kappa shape index (κ2) is 8.68. The molecule has 0 aromatic heterocycles. The molecule has 1 aliphatic carbocycles. The minimum atomic E-state index is -0.918. The van der Waals surface area contributed by atoms with Crippen LogP contribution in [0.2, 0.25) is 0 Å². The maximum absolute atomic E-state index is 12.8. The van der Waals surface area contributed by atoms with Crippen LogP contribution in [0.4, 0.5) is 0 Å². The first-order valence-corrected chi connectivity index (χ1v) is 9.75. The number of rotatable bonds is 7. The molecule has 2 atom stereocenters. The average molecular weight is 352 g/mol. The number of aliphatic carboxylic acids is 1. The molecule has 2 rings (SSSR count). The van der Waals surface area contributed by atoms with Crippen molar-refractivity contribution in [2.75, 3.05) is 19.6 Å². The van der Waals surface area contributed by atoms with Crippen molar-refractivity contribution in [1.29, 1.82) is 0 Å². The molecule has 2 N–H and O–H groups in total. The lowest BCUT2D eigenvalue weighted by Crippen LogP contribution is -2.48. The fourth-order valence-electron chi connectivity index (χ4n) is 4.18. The number of carbonyl (C=O) groups excluding carboxylic acids is 2. The molecule has 6 heteroatoms. The Hall–Kier alpha value is -1.59. The summed E-state index contributed by atoms with van der Waals surface area (Å²) >= 11 is 0. The molecule has 6 nitrogen and oxygen atoms in total. The van der Waals surface area contributed by atoms with Crippen LogP contribution >= 0.6 is 0 Å². The molecular weight excluding hydrogens is 320 g/mol. The van der Waals surface area contributed by atoms with Crippen molar-refractivity contribution in [2.24, 2.45) is 17.3 Å². The summed E-state index contributed by atoms with van der Waals surface area (Å²) in [6.07, 6.45) is 6.45. The summed E-state index contributed by atoms with van der Waals surface area (Å²) in [5.74, 6) is -1.46. The number of nitrogens with one attached hydrogen (secondary N) is 1. The first-order chi connectivity index (χ1) is 11.9. The van der Waals surface area contributed by atoms with E-state index in [4.69, 9.17) is 0 Å². The van der Waals surface area contributed by atoms with Gasteiger partial charge in [0.25, 0.3) is 0 Å². The molecule has 142 valence electrons. The molecule has 2 unspecified atom stereocenters. The third-order valence-electron chi connectivity index (χ3n) is 6.25. The minimum Gasteiger partial charge on any atom is -0.481 e. The van der Waals surface area contributed by atoms with Crippen LogP contribution in [0.1, 0.15) is 65.2 Å². The van der Waals surface area contributed by atoms with Crippen LogP contribution in [0.15, 0.2) is 0 Å². The Morgan fingerprint density at radius 3 is 2.08 bits per heavy atom. The largest absolute Gasteiger partial charge is 0.481 e. The van der Waals surface area contributed by atoms with E-state index in [1.165, 1.54) is 0 Å². The van der Waals surface area contributed by atoms with Crippen molar-refractivity contribution in [3.63, 3.8) is 0 Å². The van der Waals surface area contributed by atoms with Gasteiger partial charge in [0.1, 0.15) is 0 Å². The van der Waals surface area contributed by atoms with Gasteiger partial charge >= 0.3 is 5.97 Å². The first-order valence-electron chi connectivity index (χ1n) is 9.75. The predicted molar refractivity (Wildman–Crippen MR) is 94.9 cm³/mol. The predicted octanol–water partition coefficient (Wildman–Crippen LogP) is 2.42. The molecule has 0 aromatic carbocycles. The summed E-state index contributed by atoms with van der Waals surface area (Å²) in [5, 5.41) is 12.4. The molecule has 1 aliphatic heterocycles. The van der Waals surface area contributed by atoms with Crippen LogP contribution in [-0.4, -0.2) is 47.4 Å². The van der Waals surface area contributed by atoms with Gasteiger partial charge in [-0.15, -0.1) is 0 Å². The van der Waals surface area contributed by atoms with Gasteiger partial charge in [0.05, 0.1) is 5.41 Å². The number of nitrogens with zero attached hydrogens (tertiary/aromatic N) is 1. The SMILES string of the molecule is CCC(CC)(CNC(=O)C1CCCCC1C(=O)N1CCCC1)C(=O)O. The number of hydrogen-bond donors (Lipinski definition) is 2. The Morgan fingerprint density at radius 2 is 1.56 bits per heavy atom. The minimum absolute atomic E-state index is 0.118. The average Bonchev–Trinajstić information content (AvgIpc) is 3.16. The van der Waals surface area contributed by atoms with Crippen molar-refractivity contribution >= 4 is 17.8 Å². The zero-order chi connectivity index (χ0) is 18.4. The maximum atomic E-state index is 12.8. The standard InChI is InChI=1S/C19H32N2O4/c1-3-19(4-2,18(24)25)13-20-16(22)14-9-5-6-10-15(14)17(23)21-11-7-8-12-21/h14-15H,3-13H2,1-2H3,(H,20,22)(H,24,25). The summed E-state index contributed by atoms with van der Waals surface area (Å²) < 4.78 is 0. The van der Waals surface area contributed by atoms with E-state index in [0.717, 1.165) is 45.2 Å². The lowest BCUT2D eigenvalue weighted by atomic mass is 9.77. The second-order valence-corrected chi connectivity index (χ2v) is 7.54. The van der Waals surface area contributed by atoms with E-state index in [0.29, 0.717) is 19.3 Å². The van der Waals surface area contributed by atoms with Gasteiger partial charge in [-0.05, 0) is 38.5 Å². The number of likely N-dealkylation sites (tertiary alicyclic amines) is 1. The topological polar surface area (TPSA) is 86.7 Å². The number of carboxylic acid groups (broad SMARTS) is 1. The Morgan fingerprint density at radius 1 is 1.00 bits per heavy atom. The van der Waals surface area contributed by atoms with E-state index in [-0.39, 0.29) is 30.2 Å². The molecule has 0 bridgehead atoms. The Bertz CT molecular complexity index is 496. The van der Waals surface area contributed by atoms with Crippen molar-refractivity contribution < 1.29 is 19.5 Å². The number of carboxylic acids is 1. The number of hydrogen-bond acceptors (Lipinski definition) is 3. The molecular formula is C19H32N2O4. The molecule has 0 spiro atoms. The molecule has 0 radical (unpaired) electrons. The van der Waals surface area contributed by atoms with Crippen LogP contribution in [0.3, 0.4) is 0 Å². The van der Waals surface area contributed by atoms with E-state index in [9.17, 15) is 19.5 Å². The highest BCUT2D eigenvalue weighted by molar-refractivity contribution is 5.88. The number of amides is 2. The fourth-order valence-corrected chi connectivity index (χ4v) is 4.18. The van der Waals surface area contributed by atoms with Gasteiger partial charge in [-0.25, -0.2) is 0 Å². The van der Waals surface area contributed by atoms with E-state index >= 15 is 0 Å².